The first-order chi connectivity index (χ1) is 5.01. The lowest BCUT2D eigenvalue weighted by Crippen LogP contribution is -2.29. The van der Waals surface area contributed by atoms with E-state index in [1.54, 1.807) is 0 Å². The van der Waals surface area contributed by atoms with Crippen LogP contribution in [0.5, 0.6) is 0 Å². The van der Waals surface area contributed by atoms with Crippen LogP contribution in [0.3, 0.4) is 0 Å². The Kier molecular flexibility index (Phi) is 1.92. The van der Waals surface area contributed by atoms with E-state index in [2.05, 4.69) is 9.98 Å². The summed E-state index contributed by atoms with van der Waals surface area (Å²) in [6, 6.07) is 0. The van der Waals surface area contributed by atoms with Crippen molar-refractivity contribution in [3.63, 3.8) is 0 Å². The second-order valence-corrected chi connectivity index (χ2v) is 1.99. The zero-order valence-corrected chi connectivity index (χ0v) is 5.27. The quantitative estimate of drug-likeness (QED) is 0.528. The summed E-state index contributed by atoms with van der Waals surface area (Å²) in [6.07, 6.45) is -2.68. The third-order valence-electron chi connectivity index (χ3n) is 1.03. The van der Waals surface area contributed by atoms with Crippen LogP contribution in [0.4, 0.5) is 17.6 Å². The van der Waals surface area contributed by atoms with Crippen molar-refractivity contribution in [1.82, 2.24) is 0 Å². The van der Waals surface area contributed by atoms with Gasteiger partial charge in [0.15, 0.2) is 5.84 Å². The fraction of sp³-hybridized carbons (Fsp3) is 0.600. The number of rotatable bonds is 1. The molecule has 0 aliphatic carbocycles. The SMILES string of the molecule is FC(F)C1=NCC(F)(F)C=N1. The van der Waals surface area contributed by atoms with E-state index in [-0.39, 0.29) is 6.21 Å². The van der Waals surface area contributed by atoms with Crippen molar-refractivity contribution in [1.29, 1.82) is 0 Å². The van der Waals surface area contributed by atoms with Crippen molar-refractivity contribution < 1.29 is 17.6 Å². The van der Waals surface area contributed by atoms with Gasteiger partial charge in [0, 0.05) is 0 Å². The Hall–Kier alpha value is -0.940. The third-order valence-corrected chi connectivity index (χ3v) is 1.03. The molecular weight excluding hydrogens is 164 g/mol. The van der Waals surface area contributed by atoms with Crippen LogP contribution in [0.15, 0.2) is 9.98 Å². The summed E-state index contributed by atoms with van der Waals surface area (Å²) in [5.41, 5.74) is 0. The summed E-state index contributed by atoms with van der Waals surface area (Å²) in [4.78, 5) is 5.71. The molecule has 0 spiro atoms. The van der Waals surface area contributed by atoms with Gasteiger partial charge in [0.05, 0.1) is 6.21 Å². The van der Waals surface area contributed by atoms with Crippen LogP contribution in [0.25, 0.3) is 0 Å². The minimum atomic E-state index is -3.17. The Bertz CT molecular complexity index is 209. The number of alkyl halides is 4. The maximum Gasteiger partial charge on any atom is 0.302 e. The fourth-order valence-electron chi connectivity index (χ4n) is 0.554. The maximum atomic E-state index is 12.1. The predicted molar refractivity (Wildman–Crippen MR) is 31.7 cm³/mol. The Labute approximate surface area is 59.6 Å². The molecule has 0 bridgehead atoms. The first-order valence-corrected chi connectivity index (χ1v) is 2.77. The number of amidine groups is 1. The fourth-order valence-corrected chi connectivity index (χ4v) is 0.554. The lowest BCUT2D eigenvalue weighted by Gasteiger charge is -2.12. The van der Waals surface area contributed by atoms with Crippen LogP contribution in [0, 0.1) is 0 Å². The van der Waals surface area contributed by atoms with Crippen LogP contribution < -0.4 is 0 Å². The van der Waals surface area contributed by atoms with Gasteiger partial charge in [-0.25, -0.2) is 13.8 Å². The molecule has 2 nitrogen and oxygen atoms in total. The molecule has 0 fully saturated rings. The van der Waals surface area contributed by atoms with Gasteiger partial charge in [0.2, 0.25) is 0 Å². The summed E-state index contributed by atoms with van der Waals surface area (Å²) in [6.45, 7) is -0.934. The predicted octanol–water partition coefficient (Wildman–Crippen LogP) is 1.37. The topological polar surface area (TPSA) is 24.7 Å². The molecule has 0 aromatic carbocycles. The van der Waals surface area contributed by atoms with E-state index in [1.165, 1.54) is 0 Å². The standard InChI is InChI=1S/C5H4F4N2/c6-3(7)4-10-1-5(8,9)2-11-4/h1,3H,2H2. The molecule has 0 unspecified atom stereocenters. The van der Waals surface area contributed by atoms with Crippen molar-refractivity contribution in [3.8, 4) is 0 Å². The van der Waals surface area contributed by atoms with Gasteiger partial charge in [-0.15, -0.1) is 0 Å². The number of hydrogen-bond donors (Lipinski definition) is 0. The Morgan fingerprint density at radius 2 is 2.09 bits per heavy atom. The van der Waals surface area contributed by atoms with Crippen molar-refractivity contribution in [2.45, 2.75) is 12.3 Å². The number of halogens is 4. The normalized spacial score (nSPS) is 22.1. The highest BCUT2D eigenvalue weighted by molar-refractivity contribution is 5.95. The molecule has 1 aliphatic heterocycles. The average molecular weight is 168 g/mol. The van der Waals surface area contributed by atoms with E-state index in [0.29, 0.717) is 0 Å². The molecule has 11 heavy (non-hydrogen) atoms. The molecule has 0 amide bonds. The molecular formula is C5H4F4N2. The van der Waals surface area contributed by atoms with Crippen LogP contribution >= 0.6 is 0 Å². The molecule has 0 saturated carbocycles. The highest BCUT2D eigenvalue weighted by Gasteiger charge is 2.30. The molecule has 1 rings (SSSR count). The smallest absolute Gasteiger partial charge is 0.259 e. The van der Waals surface area contributed by atoms with Crippen molar-refractivity contribution >= 4 is 12.1 Å². The molecule has 0 atom stereocenters. The average Bonchev–Trinajstić information content (AvgIpc) is 1.86. The summed E-state index contributed by atoms with van der Waals surface area (Å²) in [5.74, 6) is -3.99. The lowest BCUT2D eigenvalue weighted by molar-refractivity contribution is 0.0919. The van der Waals surface area contributed by atoms with E-state index in [9.17, 15) is 17.6 Å². The molecule has 0 radical (unpaired) electrons. The lowest BCUT2D eigenvalue weighted by atomic mass is 10.3. The summed E-state index contributed by atoms with van der Waals surface area (Å²) in [5, 5.41) is 0. The van der Waals surface area contributed by atoms with Gasteiger partial charge in [-0.1, -0.05) is 0 Å². The Morgan fingerprint density at radius 1 is 1.45 bits per heavy atom. The molecule has 0 aromatic rings. The highest BCUT2D eigenvalue weighted by Crippen LogP contribution is 2.15. The van der Waals surface area contributed by atoms with Gasteiger partial charge >= 0.3 is 5.92 Å². The number of hydrogen-bond acceptors (Lipinski definition) is 2. The monoisotopic (exact) mass is 168 g/mol. The minimum Gasteiger partial charge on any atom is -0.259 e. The van der Waals surface area contributed by atoms with E-state index in [4.69, 9.17) is 0 Å². The molecule has 1 heterocycles. The summed E-state index contributed by atoms with van der Waals surface area (Å²) in [7, 11) is 0. The van der Waals surface area contributed by atoms with Crippen LogP contribution in [-0.4, -0.2) is 30.9 Å². The molecule has 6 heteroatoms. The van der Waals surface area contributed by atoms with Crippen LogP contribution in [0.2, 0.25) is 0 Å². The first kappa shape index (κ1) is 8.16. The second-order valence-electron chi connectivity index (χ2n) is 1.99. The van der Waals surface area contributed by atoms with Gasteiger partial charge < -0.3 is 0 Å². The van der Waals surface area contributed by atoms with Crippen LogP contribution in [-0.2, 0) is 0 Å². The van der Waals surface area contributed by atoms with E-state index in [1.807, 2.05) is 0 Å². The van der Waals surface area contributed by atoms with E-state index < -0.39 is 24.7 Å². The molecule has 0 aromatic heterocycles. The van der Waals surface area contributed by atoms with Crippen molar-refractivity contribution in [2.24, 2.45) is 9.98 Å². The third kappa shape index (κ3) is 1.99. The number of nitrogens with zero attached hydrogens (tertiary/aromatic N) is 2. The van der Waals surface area contributed by atoms with Gasteiger partial charge in [0.25, 0.3) is 6.43 Å². The zero-order chi connectivity index (χ0) is 8.48. The highest BCUT2D eigenvalue weighted by atomic mass is 19.3. The number of aliphatic imine (C=N–C) groups is 2. The first-order valence-electron chi connectivity index (χ1n) is 2.77. The molecule has 0 saturated heterocycles. The van der Waals surface area contributed by atoms with Crippen molar-refractivity contribution in [2.75, 3.05) is 6.54 Å². The largest absolute Gasteiger partial charge is 0.302 e. The van der Waals surface area contributed by atoms with Gasteiger partial charge in [-0.2, -0.15) is 8.78 Å². The summed E-state index contributed by atoms with van der Waals surface area (Å²) >= 11 is 0. The van der Waals surface area contributed by atoms with Crippen molar-refractivity contribution in [3.05, 3.63) is 0 Å². The summed E-state index contributed by atoms with van der Waals surface area (Å²) < 4.78 is 47.6. The Morgan fingerprint density at radius 3 is 2.45 bits per heavy atom. The van der Waals surface area contributed by atoms with E-state index in [0.717, 1.165) is 0 Å². The van der Waals surface area contributed by atoms with Gasteiger partial charge in [0.1, 0.15) is 6.54 Å². The van der Waals surface area contributed by atoms with Gasteiger partial charge in [-0.05, 0) is 0 Å². The van der Waals surface area contributed by atoms with Gasteiger partial charge in [-0.3, -0.25) is 4.99 Å². The minimum absolute atomic E-state index is 0.196. The second kappa shape index (κ2) is 2.60. The zero-order valence-electron chi connectivity index (χ0n) is 5.27. The van der Waals surface area contributed by atoms with E-state index >= 15 is 0 Å². The maximum absolute atomic E-state index is 12.1. The van der Waals surface area contributed by atoms with Crippen LogP contribution in [0.1, 0.15) is 0 Å². The molecule has 62 valence electrons. The molecule has 0 N–H and O–H groups in total. The molecule has 1 aliphatic rings. The Balaban J connectivity index is 2.68.